The fraction of sp³-hybridized carbons (Fsp3) is 0. The minimum atomic E-state index is 0.100. The van der Waals surface area contributed by atoms with Gasteiger partial charge in [-0.15, -0.1) is 0 Å². The van der Waals surface area contributed by atoms with Gasteiger partial charge in [-0.1, -0.05) is 24.3 Å². The molecule has 0 unspecified atom stereocenters. The molecule has 0 aliphatic heterocycles. The van der Waals surface area contributed by atoms with E-state index in [0.29, 0.717) is 16.9 Å². The normalized spacial score (nSPS) is 10.1. The van der Waals surface area contributed by atoms with Crippen molar-refractivity contribution in [1.29, 1.82) is 0 Å². The molecule has 0 atom stereocenters. The number of hydrogen-bond acceptors (Lipinski definition) is 3. The number of phenols is 1. The third kappa shape index (κ3) is 1.72. The van der Waals surface area contributed by atoms with Gasteiger partial charge in [0.15, 0.2) is 0 Å². The van der Waals surface area contributed by atoms with Crippen LogP contribution in [0.15, 0.2) is 42.5 Å². The number of nitrogen functional groups attached to an aromatic ring is 2. The van der Waals surface area contributed by atoms with E-state index in [-0.39, 0.29) is 5.75 Å². The highest BCUT2D eigenvalue weighted by Gasteiger charge is 2.06. The van der Waals surface area contributed by atoms with Gasteiger partial charge in [0, 0.05) is 11.3 Å². The minimum Gasteiger partial charge on any atom is -0.505 e. The first-order chi connectivity index (χ1) is 7.18. The van der Waals surface area contributed by atoms with Crippen LogP contribution in [0.2, 0.25) is 0 Å². The van der Waals surface area contributed by atoms with Crippen molar-refractivity contribution in [2.75, 3.05) is 11.5 Å². The predicted octanol–water partition coefficient (Wildman–Crippen LogP) is 2.22. The van der Waals surface area contributed by atoms with Crippen molar-refractivity contribution < 1.29 is 5.11 Å². The third-order valence-corrected chi connectivity index (χ3v) is 2.26. The van der Waals surface area contributed by atoms with Crippen LogP contribution in [-0.4, -0.2) is 5.11 Å². The number of para-hydroxylation sites is 1. The lowest BCUT2D eigenvalue weighted by molar-refractivity contribution is 0.480. The van der Waals surface area contributed by atoms with Crippen molar-refractivity contribution >= 4 is 11.4 Å². The number of phenolic OH excluding ortho intramolecular Hbond substituents is 1. The van der Waals surface area contributed by atoms with Crippen molar-refractivity contribution in [3.63, 3.8) is 0 Å². The fourth-order valence-corrected chi connectivity index (χ4v) is 1.50. The van der Waals surface area contributed by atoms with E-state index in [4.69, 9.17) is 11.5 Å². The average Bonchev–Trinajstić information content (AvgIpc) is 2.22. The van der Waals surface area contributed by atoms with Crippen molar-refractivity contribution in [2.45, 2.75) is 0 Å². The summed E-state index contributed by atoms with van der Waals surface area (Å²) in [6.07, 6.45) is 0. The number of rotatable bonds is 1. The molecule has 0 aromatic heterocycles. The molecule has 5 N–H and O–H groups in total. The van der Waals surface area contributed by atoms with E-state index in [2.05, 4.69) is 0 Å². The van der Waals surface area contributed by atoms with Gasteiger partial charge < -0.3 is 16.6 Å². The molecule has 0 bridgehead atoms. The second-order valence-electron chi connectivity index (χ2n) is 3.37. The minimum absolute atomic E-state index is 0.100. The summed E-state index contributed by atoms with van der Waals surface area (Å²) in [4.78, 5) is 0. The summed E-state index contributed by atoms with van der Waals surface area (Å²) in [5, 5.41) is 9.78. The summed E-state index contributed by atoms with van der Waals surface area (Å²) in [7, 11) is 0. The highest BCUT2D eigenvalue weighted by molar-refractivity contribution is 5.78. The zero-order valence-corrected chi connectivity index (χ0v) is 8.14. The van der Waals surface area contributed by atoms with Crippen LogP contribution in [0, 0.1) is 0 Å². The van der Waals surface area contributed by atoms with Crippen molar-refractivity contribution in [2.24, 2.45) is 0 Å². The van der Waals surface area contributed by atoms with E-state index in [1.54, 1.807) is 30.3 Å². The van der Waals surface area contributed by atoms with Gasteiger partial charge in [-0.2, -0.15) is 0 Å². The van der Waals surface area contributed by atoms with Crippen LogP contribution in [0.3, 0.4) is 0 Å². The van der Waals surface area contributed by atoms with Gasteiger partial charge in [0.25, 0.3) is 0 Å². The molecule has 0 heterocycles. The van der Waals surface area contributed by atoms with Crippen molar-refractivity contribution in [3.05, 3.63) is 42.5 Å². The summed E-state index contributed by atoms with van der Waals surface area (Å²) in [6, 6.07) is 12.6. The zero-order valence-electron chi connectivity index (χ0n) is 8.14. The smallest absolute Gasteiger partial charge is 0.146 e. The van der Waals surface area contributed by atoms with E-state index >= 15 is 0 Å². The first kappa shape index (κ1) is 9.40. The first-order valence-corrected chi connectivity index (χ1v) is 4.62. The Kier molecular flexibility index (Phi) is 2.21. The molecule has 3 heteroatoms. The molecule has 15 heavy (non-hydrogen) atoms. The van der Waals surface area contributed by atoms with Crippen LogP contribution in [0.5, 0.6) is 5.75 Å². The summed E-state index contributed by atoms with van der Waals surface area (Å²) < 4.78 is 0. The number of anilines is 2. The van der Waals surface area contributed by atoms with Gasteiger partial charge in [0.2, 0.25) is 0 Å². The van der Waals surface area contributed by atoms with E-state index in [1.165, 1.54) is 0 Å². The average molecular weight is 200 g/mol. The maximum Gasteiger partial charge on any atom is 0.146 e. The molecule has 0 saturated heterocycles. The Bertz CT molecular complexity index is 495. The highest BCUT2D eigenvalue weighted by Crippen LogP contribution is 2.34. The van der Waals surface area contributed by atoms with Gasteiger partial charge in [-0.25, -0.2) is 0 Å². The molecule has 0 radical (unpaired) electrons. The summed E-state index contributed by atoms with van der Waals surface area (Å²) in [5.41, 5.74) is 13.9. The van der Waals surface area contributed by atoms with Crippen LogP contribution in [0.4, 0.5) is 11.4 Å². The number of aromatic hydroxyl groups is 1. The number of hydrogen-bond donors (Lipinski definition) is 3. The molecule has 2 rings (SSSR count). The monoisotopic (exact) mass is 200 g/mol. The lowest BCUT2D eigenvalue weighted by Gasteiger charge is -2.07. The Morgan fingerprint density at radius 1 is 0.933 bits per heavy atom. The second kappa shape index (κ2) is 3.53. The van der Waals surface area contributed by atoms with E-state index in [1.807, 2.05) is 12.1 Å². The predicted molar refractivity (Wildman–Crippen MR) is 62.4 cm³/mol. The zero-order chi connectivity index (χ0) is 10.8. The maximum atomic E-state index is 9.78. The molecule has 0 saturated carbocycles. The van der Waals surface area contributed by atoms with Crippen LogP contribution < -0.4 is 11.5 Å². The third-order valence-electron chi connectivity index (χ3n) is 2.26. The van der Waals surface area contributed by atoms with Gasteiger partial charge >= 0.3 is 0 Å². The lowest BCUT2D eigenvalue weighted by Crippen LogP contribution is -1.89. The van der Waals surface area contributed by atoms with Crippen LogP contribution in [0.1, 0.15) is 0 Å². The van der Waals surface area contributed by atoms with E-state index in [0.717, 1.165) is 5.56 Å². The second-order valence-corrected chi connectivity index (χ2v) is 3.37. The number of benzene rings is 2. The summed E-state index contributed by atoms with van der Waals surface area (Å²) in [5.74, 6) is 0.100. The Morgan fingerprint density at radius 3 is 2.40 bits per heavy atom. The van der Waals surface area contributed by atoms with Gasteiger partial charge in [0.1, 0.15) is 5.75 Å². The molecule has 0 aliphatic carbocycles. The van der Waals surface area contributed by atoms with Crippen LogP contribution >= 0.6 is 0 Å². The van der Waals surface area contributed by atoms with Crippen molar-refractivity contribution in [1.82, 2.24) is 0 Å². The SMILES string of the molecule is Nc1cccc(-c2cccc(N)c2O)c1. The first-order valence-electron chi connectivity index (χ1n) is 4.62. The Labute approximate surface area is 88.0 Å². The molecule has 0 aliphatic rings. The largest absolute Gasteiger partial charge is 0.505 e. The molecule has 0 fully saturated rings. The summed E-state index contributed by atoms with van der Waals surface area (Å²) >= 11 is 0. The molecule has 76 valence electrons. The fourth-order valence-electron chi connectivity index (χ4n) is 1.50. The lowest BCUT2D eigenvalue weighted by atomic mass is 10.0. The number of nitrogens with two attached hydrogens (primary N) is 2. The summed E-state index contributed by atoms with van der Waals surface area (Å²) in [6.45, 7) is 0. The maximum absolute atomic E-state index is 9.78. The highest BCUT2D eigenvalue weighted by atomic mass is 16.3. The molecular weight excluding hydrogens is 188 g/mol. The standard InChI is InChI=1S/C12H12N2O/c13-9-4-1-3-8(7-9)10-5-2-6-11(14)12(10)15/h1-7,15H,13-14H2. The molecule has 2 aromatic rings. The van der Waals surface area contributed by atoms with Gasteiger partial charge in [0.05, 0.1) is 5.69 Å². The van der Waals surface area contributed by atoms with Gasteiger partial charge in [-0.05, 0) is 23.8 Å². The Balaban J connectivity index is 2.59. The van der Waals surface area contributed by atoms with E-state index in [9.17, 15) is 5.11 Å². The molecule has 0 spiro atoms. The molecular formula is C12H12N2O. The molecule has 2 aromatic carbocycles. The van der Waals surface area contributed by atoms with E-state index < -0.39 is 0 Å². The molecule has 0 amide bonds. The quantitative estimate of drug-likeness (QED) is 0.488. The van der Waals surface area contributed by atoms with Crippen LogP contribution in [-0.2, 0) is 0 Å². The molecule has 3 nitrogen and oxygen atoms in total. The Morgan fingerprint density at radius 2 is 1.67 bits per heavy atom. The topological polar surface area (TPSA) is 72.3 Å². The van der Waals surface area contributed by atoms with Gasteiger partial charge in [-0.3, -0.25) is 0 Å². The van der Waals surface area contributed by atoms with Crippen LogP contribution in [0.25, 0.3) is 11.1 Å². The van der Waals surface area contributed by atoms with Crippen molar-refractivity contribution in [3.8, 4) is 16.9 Å². The Hall–Kier alpha value is -2.16.